The first-order valence-corrected chi connectivity index (χ1v) is 9.25. The Hall–Kier alpha value is -0.940. The van der Waals surface area contributed by atoms with Gasteiger partial charge < -0.3 is 10.6 Å². The standard InChI is InChI=1S/C17H27N3OS/c1-17(2)7-5-4-6-13(17)16-19-10-14(22-16)20-15(21)11-8-12(9-11)18-3/h10-13,18H,4-9H2,1-3H3,(H,20,21)/t11?,12?,13-/m1/s1. The van der Waals surface area contributed by atoms with Crippen molar-refractivity contribution in [3.05, 3.63) is 11.2 Å². The number of carbonyl (C=O) groups is 1. The fourth-order valence-corrected chi connectivity index (χ4v) is 4.92. The number of rotatable bonds is 4. The monoisotopic (exact) mass is 321 g/mol. The van der Waals surface area contributed by atoms with Gasteiger partial charge in [0.05, 0.1) is 11.2 Å². The molecular weight excluding hydrogens is 294 g/mol. The van der Waals surface area contributed by atoms with Gasteiger partial charge >= 0.3 is 0 Å². The van der Waals surface area contributed by atoms with Crippen LogP contribution in [0.25, 0.3) is 0 Å². The molecule has 5 heteroatoms. The van der Waals surface area contributed by atoms with Gasteiger partial charge in [0.2, 0.25) is 5.91 Å². The van der Waals surface area contributed by atoms with Crippen LogP contribution < -0.4 is 10.6 Å². The van der Waals surface area contributed by atoms with E-state index in [9.17, 15) is 4.79 Å². The van der Waals surface area contributed by atoms with Crippen molar-refractivity contribution in [2.75, 3.05) is 12.4 Å². The van der Waals surface area contributed by atoms with E-state index in [-0.39, 0.29) is 11.8 Å². The van der Waals surface area contributed by atoms with Crippen LogP contribution in [0.5, 0.6) is 0 Å². The maximum absolute atomic E-state index is 12.2. The van der Waals surface area contributed by atoms with E-state index in [1.54, 1.807) is 11.3 Å². The molecule has 1 heterocycles. The summed E-state index contributed by atoms with van der Waals surface area (Å²) in [6, 6.07) is 0.510. The second-order valence-corrected chi connectivity index (χ2v) is 8.56. The molecule has 1 atom stereocenters. The van der Waals surface area contributed by atoms with Gasteiger partial charge in [-0.3, -0.25) is 4.79 Å². The third-order valence-electron chi connectivity index (χ3n) is 5.49. The third-order valence-corrected chi connectivity index (χ3v) is 6.52. The molecule has 0 bridgehead atoms. The van der Waals surface area contributed by atoms with Crippen molar-refractivity contribution >= 4 is 22.2 Å². The molecule has 0 radical (unpaired) electrons. The van der Waals surface area contributed by atoms with Crippen molar-refractivity contribution in [3.8, 4) is 0 Å². The van der Waals surface area contributed by atoms with E-state index in [1.165, 1.54) is 30.7 Å². The van der Waals surface area contributed by atoms with Crippen LogP contribution in [0, 0.1) is 11.3 Å². The van der Waals surface area contributed by atoms with Crippen LogP contribution in [0.4, 0.5) is 5.00 Å². The first kappa shape index (κ1) is 15.9. The predicted octanol–water partition coefficient (Wildman–Crippen LogP) is 3.76. The lowest BCUT2D eigenvalue weighted by atomic mass is 9.69. The molecular formula is C17H27N3OS. The Morgan fingerprint density at radius 3 is 2.82 bits per heavy atom. The summed E-state index contributed by atoms with van der Waals surface area (Å²) >= 11 is 1.67. The highest BCUT2D eigenvalue weighted by Crippen LogP contribution is 2.48. The van der Waals surface area contributed by atoms with Crippen LogP contribution in [-0.2, 0) is 4.79 Å². The van der Waals surface area contributed by atoms with Crippen molar-refractivity contribution in [3.63, 3.8) is 0 Å². The minimum absolute atomic E-state index is 0.157. The molecule has 0 aromatic carbocycles. The molecule has 3 rings (SSSR count). The number of amides is 1. The van der Waals surface area contributed by atoms with Gasteiger partial charge in [-0.2, -0.15) is 0 Å². The number of hydrogen-bond donors (Lipinski definition) is 2. The van der Waals surface area contributed by atoms with Crippen LogP contribution >= 0.6 is 11.3 Å². The summed E-state index contributed by atoms with van der Waals surface area (Å²) in [6.45, 7) is 4.70. The number of thiazole rings is 1. The summed E-state index contributed by atoms with van der Waals surface area (Å²) in [4.78, 5) is 16.8. The Bertz CT molecular complexity index is 534. The molecule has 0 aliphatic heterocycles. The molecule has 2 fully saturated rings. The van der Waals surface area contributed by atoms with E-state index < -0.39 is 0 Å². The zero-order valence-electron chi connectivity index (χ0n) is 13.8. The van der Waals surface area contributed by atoms with E-state index in [1.807, 2.05) is 13.2 Å². The van der Waals surface area contributed by atoms with Gasteiger partial charge in [0.1, 0.15) is 5.00 Å². The summed E-state index contributed by atoms with van der Waals surface area (Å²) in [7, 11) is 1.96. The van der Waals surface area contributed by atoms with Crippen molar-refractivity contribution < 1.29 is 4.79 Å². The van der Waals surface area contributed by atoms with Crippen LogP contribution in [0.2, 0.25) is 0 Å². The fourth-order valence-electron chi connectivity index (χ4n) is 3.75. The molecule has 122 valence electrons. The van der Waals surface area contributed by atoms with Gasteiger partial charge in [0, 0.05) is 17.9 Å². The Kier molecular flexibility index (Phi) is 4.55. The van der Waals surface area contributed by atoms with Gasteiger partial charge in [-0.05, 0) is 38.1 Å². The highest BCUT2D eigenvalue weighted by Gasteiger charge is 2.36. The maximum Gasteiger partial charge on any atom is 0.228 e. The summed E-state index contributed by atoms with van der Waals surface area (Å²) in [5.74, 6) is 0.855. The number of carbonyl (C=O) groups excluding carboxylic acids is 1. The molecule has 0 unspecified atom stereocenters. The van der Waals surface area contributed by atoms with Crippen LogP contribution in [0.15, 0.2) is 6.20 Å². The molecule has 4 nitrogen and oxygen atoms in total. The summed E-state index contributed by atoms with van der Waals surface area (Å²) in [5.41, 5.74) is 0.325. The fraction of sp³-hybridized carbons (Fsp3) is 0.765. The number of nitrogens with zero attached hydrogens (tertiary/aromatic N) is 1. The molecule has 2 saturated carbocycles. The SMILES string of the molecule is CNC1CC(C(=O)Nc2cnc([C@H]3CCCCC3(C)C)s2)C1. The Balaban J connectivity index is 1.60. The van der Waals surface area contributed by atoms with E-state index in [0.29, 0.717) is 17.4 Å². The zero-order chi connectivity index (χ0) is 15.7. The quantitative estimate of drug-likeness (QED) is 0.887. The third kappa shape index (κ3) is 3.20. The van der Waals surface area contributed by atoms with Gasteiger partial charge in [0.25, 0.3) is 0 Å². The molecule has 1 aromatic heterocycles. The number of nitrogens with one attached hydrogen (secondary N) is 2. The highest BCUT2D eigenvalue weighted by atomic mass is 32.1. The van der Waals surface area contributed by atoms with Gasteiger partial charge in [-0.25, -0.2) is 4.98 Å². The van der Waals surface area contributed by atoms with E-state index in [2.05, 4.69) is 29.5 Å². The van der Waals surface area contributed by atoms with Crippen molar-refractivity contribution in [1.82, 2.24) is 10.3 Å². The summed E-state index contributed by atoms with van der Waals surface area (Å²) in [6.07, 6.45) is 8.85. The number of aromatic nitrogens is 1. The lowest BCUT2D eigenvalue weighted by Crippen LogP contribution is -2.44. The minimum atomic E-state index is 0.157. The van der Waals surface area contributed by atoms with Crippen LogP contribution in [-0.4, -0.2) is 24.0 Å². The molecule has 0 spiro atoms. The van der Waals surface area contributed by atoms with Gasteiger partial charge in [-0.1, -0.05) is 26.7 Å². The largest absolute Gasteiger partial charge is 0.317 e. The van der Waals surface area contributed by atoms with Crippen LogP contribution in [0.3, 0.4) is 0 Å². The smallest absolute Gasteiger partial charge is 0.228 e. The lowest BCUT2D eigenvalue weighted by Gasteiger charge is -2.37. The number of hydrogen-bond acceptors (Lipinski definition) is 4. The predicted molar refractivity (Wildman–Crippen MR) is 91.3 cm³/mol. The minimum Gasteiger partial charge on any atom is -0.317 e. The van der Waals surface area contributed by atoms with E-state index in [0.717, 1.165) is 17.8 Å². The highest BCUT2D eigenvalue weighted by molar-refractivity contribution is 7.15. The van der Waals surface area contributed by atoms with E-state index in [4.69, 9.17) is 0 Å². The first-order chi connectivity index (χ1) is 10.5. The molecule has 2 aliphatic rings. The van der Waals surface area contributed by atoms with Crippen molar-refractivity contribution in [1.29, 1.82) is 0 Å². The summed E-state index contributed by atoms with van der Waals surface area (Å²) in [5, 5.41) is 8.39. The Morgan fingerprint density at radius 2 is 2.14 bits per heavy atom. The zero-order valence-corrected chi connectivity index (χ0v) is 14.6. The van der Waals surface area contributed by atoms with E-state index >= 15 is 0 Å². The normalized spacial score (nSPS) is 30.6. The first-order valence-electron chi connectivity index (χ1n) is 8.43. The Morgan fingerprint density at radius 1 is 1.36 bits per heavy atom. The molecule has 2 N–H and O–H groups in total. The van der Waals surface area contributed by atoms with Crippen molar-refractivity contribution in [2.45, 2.75) is 64.3 Å². The van der Waals surface area contributed by atoms with Crippen molar-refractivity contribution in [2.24, 2.45) is 11.3 Å². The number of anilines is 1. The van der Waals surface area contributed by atoms with Gasteiger partial charge in [0.15, 0.2) is 0 Å². The Labute approximate surface area is 137 Å². The van der Waals surface area contributed by atoms with Crippen LogP contribution in [0.1, 0.15) is 63.3 Å². The molecule has 1 aromatic rings. The molecule has 0 saturated heterocycles. The second kappa shape index (κ2) is 6.28. The topological polar surface area (TPSA) is 54.0 Å². The molecule has 22 heavy (non-hydrogen) atoms. The summed E-state index contributed by atoms with van der Waals surface area (Å²) < 4.78 is 0. The maximum atomic E-state index is 12.2. The molecule has 1 amide bonds. The second-order valence-electron chi connectivity index (χ2n) is 7.49. The molecule has 2 aliphatic carbocycles. The lowest BCUT2D eigenvalue weighted by molar-refractivity contribution is -0.122. The average molecular weight is 321 g/mol. The van der Waals surface area contributed by atoms with Gasteiger partial charge in [-0.15, -0.1) is 11.3 Å². The average Bonchev–Trinajstić information content (AvgIpc) is 2.85.